The molecule has 1 aliphatic rings. The van der Waals surface area contributed by atoms with Crippen molar-refractivity contribution in [2.75, 3.05) is 39.3 Å². The minimum Gasteiger partial charge on any atom is -0.378 e. The maximum atomic E-state index is 12.1. The molecule has 2 heterocycles. The molecule has 1 fully saturated rings. The molecule has 0 saturated carbocycles. The number of rotatable bonds is 7. The summed E-state index contributed by atoms with van der Waals surface area (Å²) < 4.78 is 5.70. The molecule has 8 heteroatoms. The smallest absolute Gasteiger partial charge is 0.263 e. The molecule has 0 unspecified atom stereocenters. The third-order valence-corrected chi connectivity index (χ3v) is 5.02. The number of piperidine rings is 1. The number of hydrogen-bond acceptors (Lipinski definition) is 5. The first-order valence-corrected chi connectivity index (χ1v) is 9.86. The molecule has 0 atom stereocenters. The van der Waals surface area contributed by atoms with Crippen LogP contribution in [0.2, 0.25) is 0 Å². The lowest BCUT2D eigenvalue weighted by Gasteiger charge is -2.34. The second-order valence-corrected chi connectivity index (χ2v) is 6.75. The van der Waals surface area contributed by atoms with Crippen molar-refractivity contribution in [3.63, 3.8) is 0 Å². The second-order valence-electron chi connectivity index (χ2n) is 5.90. The second kappa shape index (κ2) is 10.4. The van der Waals surface area contributed by atoms with Crippen molar-refractivity contribution in [3.8, 4) is 0 Å². The van der Waals surface area contributed by atoms with Crippen LogP contribution in [0.15, 0.2) is 10.5 Å². The zero-order chi connectivity index (χ0) is 18.1. The van der Waals surface area contributed by atoms with E-state index in [1.54, 1.807) is 5.51 Å². The van der Waals surface area contributed by atoms with E-state index >= 15 is 0 Å². The minimum absolute atomic E-state index is 0.0715. The van der Waals surface area contributed by atoms with Crippen LogP contribution >= 0.6 is 11.3 Å². The van der Waals surface area contributed by atoms with Crippen LogP contribution in [-0.4, -0.2) is 67.2 Å². The van der Waals surface area contributed by atoms with Crippen LogP contribution in [-0.2, 0) is 4.74 Å². The Labute approximate surface area is 153 Å². The van der Waals surface area contributed by atoms with Gasteiger partial charge in [0.15, 0.2) is 5.96 Å². The molecule has 0 aromatic carbocycles. The van der Waals surface area contributed by atoms with Crippen LogP contribution in [0.5, 0.6) is 0 Å². The first-order chi connectivity index (χ1) is 12.2. The van der Waals surface area contributed by atoms with E-state index in [1.165, 1.54) is 11.3 Å². The number of amides is 1. The van der Waals surface area contributed by atoms with Gasteiger partial charge in [-0.05, 0) is 33.6 Å². The summed E-state index contributed by atoms with van der Waals surface area (Å²) in [6.45, 7) is 10.5. The van der Waals surface area contributed by atoms with Gasteiger partial charge in [-0.1, -0.05) is 0 Å². The van der Waals surface area contributed by atoms with Gasteiger partial charge in [0, 0.05) is 32.8 Å². The van der Waals surface area contributed by atoms with Crippen LogP contribution < -0.4 is 10.6 Å². The summed E-state index contributed by atoms with van der Waals surface area (Å²) in [7, 11) is 0. The quantitative estimate of drug-likeness (QED) is 0.435. The number of thiazole rings is 1. The van der Waals surface area contributed by atoms with Gasteiger partial charge >= 0.3 is 0 Å². The average Bonchev–Trinajstić information content (AvgIpc) is 3.04. The van der Waals surface area contributed by atoms with Crippen molar-refractivity contribution in [2.45, 2.75) is 39.7 Å². The summed E-state index contributed by atoms with van der Waals surface area (Å²) >= 11 is 1.37. The highest BCUT2D eigenvalue weighted by Crippen LogP contribution is 2.14. The molecule has 0 bridgehead atoms. The summed E-state index contributed by atoms with van der Waals surface area (Å²) in [6.07, 6.45) is 2.42. The molecule has 1 aromatic heterocycles. The predicted molar refractivity (Wildman–Crippen MR) is 101 cm³/mol. The first kappa shape index (κ1) is 19.7. The van der Waals surface area contributed by atoms with E-state index in [2.05, 4.69) is 32.4 Å². The zero-order valence-corrected chi connectivity index (χ0v) is 16.2. The topological polar surface area (TPSA) is 78.8 Å². The standard InChI is InChI=1S/C17H29N5O2S/c1-4-18-17(22-10-6-14(7-11-22)24-5-2)20-9-8-19-16(23)15-13(3)21-12-25-15/h12,14H,4-11H2,1-3H3,(H,18,20)(H,19,23). The Morgan fingerprint density at radius 2 is 2.16 bits per heavy atom. The van der Waals surface area contributed by atoms with Crippen molar-refractivity contribution in [1.29, 1.82) is 0 Å². The van der Waals surface area contributed by atoms with E-state index in [0.717, 1.165) is 50.7 Å². The third-order valence-electron chi connectivity index (χ3n) is 4.09. The van der Waals surface area contributed by atoms with Gasteiger partial charge in [-0.3, -0.25) is 9.79 Å². The molecule has 2 rings (SSSR count). The highest BCUT2D eigenvalue weighted by atomic mass is 32.1. The van der Waals surface area contributed by atoms with Gasteiger partial charge in [0.1, 0.15) is 4.88 Å². The Hall–Kier alpha value is -1.67. The average molecular weight is 368 g/mol. The Kier molecular flexibility index (Phi) is 8.14. The molecule has 140 valence electrons. The fraction of sp³-hybridized carbons (Fsp3) is 0.706. The fourth-order valence-electron chi connectivity index (χ4n) is 2.83. The molecular formula is C17H29N5O2S. The molecule has 1 aromatic rings. The lowest BCUT2D eigenvalue weighted by molar-refractivity contribution is 0.0264. The number of aromatic nitrogens is 1. The monoisotopic (exact) mass is 367 g/mol. The molecule has 0 spiro atoms. The fourth-order valence-corrected chi connectivity index (χ4v) is 3.55. The molecule has 7 nitrogen and oxygen atoms in total. The van der Waals surface area contributed by atoms with Crippen molar-refractivity contribution in [2.24, 2.45) is 4.99 Å². The summed E-state index contributed by atoms with van der Waals surface area (Å²) in [6, 6.07) is 0. The number of aryl methyl sites for hydroxylation is 1. The molecule has 0 radical (unpaired) electrons. The van der Waals surface area contributed by atoms with Crippen LogP contribution in [0.3, 0.4) is 0 Å². The number of aliphatic imine (C=N–C) groups is 1. The van der Waals surface area contributed by atoms with E-state index in [9.17, 15) is 4.79 Å². The first-order valence-electron chi connectivity index (χ1n) is 8.98. The number of carbonyl (C=O) groups excluding carboxylic acids is 1. The van der Waals surface area contributed by atoms with E-state index < -0.39 is 0 Å². The van der Waals surface area contributed by atoms with Crippen LogP contribution in [0, 0.1) is 6.92 Å². The molecule has 2 N–H and O–H groups in total. The van der Waals surface area contributed by atoms with Crippen LogP contribution in [0.4, 0.5) is 0 Å². The maximum absolute atomic E-state index is 12.1. The molecule has 1 aliphatic heterocycles. The number of carbonyl (C=O) groups is 1. The van der Waals surface area contributed by atoms with E-state index in [1.807, 2.05) is 13.8 Å². The maximum Gasteiger partial charge on any atom is 0.263 e. The number of ether oxygens (including phenoxy) is 1. The largest absolute Gasteiger partial charge is 0.378 e. The number of nitrogens with zero attached hydrogens (tertiary/aromatic N) is 3. The SMILES string of the molecule is CCNC(=NCCNC(=O)c1scnc1C)N1CCC(OCC)CC1. The van der Waals surface area contributed by atoms with Crippen molar-refractivity contribution < 1.29 is 9.53 Å². The molecule has 1 saturated heterocycles. The van der Waals surface area contributed by atoms with E-state index in [-0.39, 0.29) is 5.91 Å². The highest BCUT2D eigenvalue weighted by Gasteiger charge is 2.21. The number of hydrogen-bond donors (Lipinski definition) is 2. The van der Waals surface area contributed by atoms with Gasteiger partial charge < -0.3 is 20.3 Å². The molecule has 1 amide bonds. The summed E-state index contributed by atoms with van der Waals surface area (Å²) in [4.78, 5) is 23.8. The van der Waals surface area contributed by atoms with Crippen LogP contribution in [0.1, 0.15) is 42.1 Å². The van der Waals surface area contributed by atoms with Gasteiger partial charge in [0.25, 0.3) is 5.91 Å². The minimum atomic E-state index is -0.0715. The van der Waals surface area contributed by atoms with E-state index in [0.29, 0.717) is 24.1 Å². The van der Waals surface area contributed by atoms with E-state index in [4.69, 9.17) is 4.74 Å². The molecular weight excluding hydrogens is 338 g/mol. The van der Waals surface area contributed by atoms with Gasteiger partial charge in [0.2, 0.25) is 0 Å². The normalized spacial score (nSPS) is 16.1. The van der Waals surface area contributed by atoms with Crippen molar-refractivity contribution in [1.82, 2.24) is 20.5 Å². The summed E-state index contributed by atoms with van der Waals surface area (Å²) in [5.41, 5.74) is 2.47. The van der Waals surface area contributed by atoms with Gasteiger partial charge in [-0.25, -0.2) is 4.98 Å². The third kappa shape index (κ3) is 5.97. The number of guanidine groups is 1. The lowest BCUT2D eigenvalue weighted by Crippen LogP contribution is -2.47. The Balaban J connectivity index is 1.79. The number of nitrogens with one attached hydrogen (secondary N) is 2. The Bertz CT molecular complexity index is 567. The van der Waals surface area contributed by atoms with Crippen molar-refractivity contribution in [3.05, 3.63) is 16.1 Å². The van der Waals surface area contributed by atoms with Crippen LogP contribution in [0.25, 0.3) is 0 Å². The van der Waals surface area contributed by atoms with Gasteiger partial charge in [0.05, 0.1) is 23.9 Å². The summed E-state index contributed by atoms with van der Waals surface area (Å²) in [5, 5.41) is 6.25. The zero-order valence-electron chi connectivity index (χ0n) is 15.4. The highest BCUT2D eigenvalue weighted by molar-refractivity contribution is 7.11. The molecule has 25 heavy (non-hydrogen) atoms. The van der Waals surface area contributed by atoms with Crippen molar-refractivity contribution >= 4 is 23.2 Å². The van der Waals surface area contributed by atoms with Gasteiger partial charge in [-0.15, -0.1) is 11.3 Å². The van der Waals surface area contributed by atoms with Gasteiger partial charge in [-0.2, -0.15) is 0 Å². The summed E-state index contributed by atoms with van der Waals surface area (Å²) in [5.74, 6) is 0.846. The Morgan fingerprint density at radius 1 is 1.40 bits per heavy atom. The predicted octanol–water partition coefficient (Wildman–Crippen LogP) is 1.65. The number of likely N-dealkylation sites (tertiary alicyclic amines) is 1. The lowest BCUT2D eigenvalue weighted by atomic mass is 10.1. The Morgan fingerprint density at radius 3 is 2.76 bits per heavy atom. The molecule has 0 aliphatic carbocycles.